The van der Waals surface area contributed by atoms with Crippen LogP contribution in [0, 0.1) is 5.92 Å². The van der Waals surface area contributed by atoms with Crippen molar-refractivity contribution in [3.63, 3.8) is 0 Å². The average Bonchev–Trinajstić information content (AvgIpc) is 3.12. The van der Waals surface area contributed by atoms with E-state index in [0.29, 0.717) is 12.1 Å². The Morgan fingerprint density at radius 1 is 1.41 bits per heavy atom. The summed E-state index contributed by atoms with van der Waals surface area (Å²) >= 11 is 0. The van der Waals surface area contributed by atoms with Crippen molar-refractivity contribution >= 4 is 11.6 Å². The van der Waals surface area contributed by atoms with E-state index >= 15 is 0 Å². The van der Waals surface area contributed by atoms with Gasteiger partial charge >= 0.3 is 0 Å². The van der Waals surface area contributed by atoms with Crippen molar-refractivity contribution in [2.24, 2.45) is 5.92 Å². The first-order chi connectivity index (χ1) is 8.20. The number of carbonyl (C=O) groups excluding carboxylic acids is 1. The predicted octanol–water partition coefficient (Wildman–Crippen LogP) is 2.07. The molecule has 1 amide bonds. The molecule has 2 rings (SSSR count). The van der Waals surface area contributed by atoms with Crippen molar-refractivity contribution in [2.75, 3.05) is 18.8 Å². The van der Waals surface area contributed by atoms with Crippen LogP contribution in [0.2, 0.25) is 0 Å². The van der Waals surface area contributed by atoms with E-state index in [9.17, 15) is 4.79 Å². The van der Waals surface area contributed by atoms with Crippen LogP contribution in [-0.4, -0.2) is 23.9 Å². The van der Waals surface area contributed by atoms with Gasteiger partial charge in [0.25, 0.3) is 0 Å². The standard InChI is InChI=1S/C14H20N2O/c1-2-16(10-11-7-8-11)14(17)9-12-5-3-4-6-13(12)15/h3-6,11H,2,7-10,15H2,1H3. The van der Waals surface area contributed by atoms with Gasteiger partial charge in [0.2, 0.25) is 5.91 Å². The van der Waals surface area contributed by atoms with Crippen LogP contribution in [0.15, 0.2) is 24.3 Å². The first-order valence-corrected chi connectivity index (χ1v) is 6.32. The highest BCUT2D eigenvalue weighted by atomic mass is 16.2. The van der Waals surface area contributed by atoms with E-state index in [1.807, 2.05) is 36.1 Å². The Morgan fingerprint density at radius 2 is 2.12 bits per heavy atom. The Morgan fingerprint density at radius 3 is 2.71 bits per heavy atom. The van der Waals surface area contributed by atoms with Crippen LogP contribution in [0.1, 0.15) is 25.3 Å². The number of nitrogens with zero attached hydrogens (tertiary/aromatic N) is 1. The summed E-state index contributed by atoms with van der Waals surface area (Å²) in [7, 11) is 0. The smallest absolute Gasteiger partial charge is 0.227 e. The zero-order valence-corrected chi connectivity index (χ0v) is 10.4. The van der Waals surface area contributed by atoms with E-state index in [4.69, 9.17) is 5.73 Å². The molecule has 0 bridgehead atoms. The van der Waals surface area contributed by atoms with Crippen molar-refractivity contribution in [1.29, 1.82) is 0 Å². The van der Waals surface area contributed by atoms with Crippen molar-refractivity contribution in [2.45, 2.75) is 26.2 Å². The summed E-state index contributed by atoms with van der Waals surface area (Å²) in [6.45, 7) is 3.75. The summed E-state index contributed by atoms with van der Waals surface area (Å²) in [6, 6.07) is 7.60. The summed E-state index contributed by atoms with van der Waals surface area (Å²) in [4.78, 5) is 14.1. The van der Waals surface area contributed by atoms with Gasteiger partial charge in [-0.2, -0.15) is 0 Å². The largest absolute Gasteiger partial charge is 0.398 e. The van der Waals surface area contributed by atoms with Gasteiger partial charge in [-0.25, -0.2) is 0 Å². The molecule has 1 aliphatic rings. The maximum atomic E-state index is 12.1. The molecule has 3 nitrogen and oxygen atoms in total. The molecule has 1 aromatic rings. The summed E-state index contributed by atoms with van der Waals surface area (Å²) < 4.78 is 0. The topological polar surface area (TPSA) is 46.3 Å². The third kappa shape index (κ3) is 3.22. The van der Waals surface area contributed by atoms with Gasteiger partial charge in [-0.1, -0.05) is 18.2 Å². The Balaban J connectivity index is 1.96. The molecule has 92 valence electrons. The van der Waals surface area contributed by atoms with Crippen LogP contribution < -0.4 is 5.73 Å². The summed E-state index contributed by atoms with van der Waals surface area (Å²) in [5.74, 6) is 0.935. The number of likely N-dealkylation sites (N-methyl/N-ethyl adjacent to an activating group) is 1. The Labute approximate surface area is 103 Å². The third-order valence-corrected chi connectivity index (χ3v) is 3.31. The summed E-state index contributed by atoms with van der Waals surface area (Å²) in [5, 5.41) is 0. The summed E-state index contributed by atoms with van der Waals surface area (Å²) in [6.07, 6.45) is 2.97. The zero-order valence-electron chi connectivity index (χ0n) is 10.4. The molecule has 1 aliphatic carbocycles. The van der Waals surface area contributed by atoms with E-state index in [-0.39, 0.29) is 5.91 Å². The van der Waals surface area contributed by atoms with Gasteiger partial charge in [0.15, 0.2) is 0 Å². The second kappa shape index (κ2) is 5.21. The molecular weight excluding hydrogens is 212 g/mol. The lowest BCUT2D eigenvalue weighted by molar-refractivity contribution is -0.130. The fraction of sp³-hybridized carbons (Fsp3) is 0.500. The number of para-hydroxylation sites is 1. The molecule has 0 heterocycles. The van der Waals surface area contributed by atoms with E-state index in [0.717, 1.165) is 24.6 Å². The second-order valence-corrected chi connectivity index (χ2v) is 4.75. The molecular formula is C14H20N2O. The van der Waals surface area contributed by atoms with Crippen molar-refractivity contribution < 1.29 is 4.79 Å². The lowest BCUT2D eigenvalue weighted by Gasteiger charge is -2.21. The number of nitrogens with two attached hydrogens (primary N) is 1. The fourth-order valence-electron chi connectivity index (χ4n) is 1.99. The SMILES string of the molecule is CCN(CC1CC1)C(=O)Cc1ccccc1N. The van der Waals surface area contributed by atoms with E-state index in [1.165, 1.54) is 12.8 Å². The number of hydrogen-bond acceptors (Lipinski definition) is 2. The highest BCUT2D eigenvalue weighted by molar-refractivity contribution is 5.80. The van der Waals surface area contributed by atoms with Crippen molar-refractivity contribution in [3.05, 3.63) is 29.8 Å². The zero-order chi connectivity index (χ0) is 12.3. The van der Waals surface area contributed by atoms with Gasteiger partial charge < -0.3 is 10.6 Å². The molecule has 0 spiro atoms. The molecule has 2 N–H and O–H groups in total. The minimum atomic E-state index is 0.192. The van der Waals surface area contributed by atoms with Gasteiger partial charge in [0.1, 0.15) is 0 Å². The van der Waals surface area contributed by atoms with Crippen LogP contribution in [0.3, 0.4) is 0 Å². The van der Waals surface area contributed by atoms with Crippen LogP contribution in [-0.2, 0) is 11.2 Å². The number of rotatable bonds is 5. The molecule has 0 aliphatic heterocycles. The fourth-order valence-corrected chi connectivity index (χ4v) is 1.99. The Bertz CT molecular complexity index is 399. The number of benzene rings is 1. The van der Waals surface area contributed by atoms with Crippen molar-refractivity contribution in [3.8, 4) is 0 Å². The molecule has 0 saturated heterocycles. The number of hydrogen-bond donors (Lipinski definition) is 1. The van der Waals surface area contributed by atoms with Gasteiger partial charge in [-0.05, 0) is 37.3 Å². The number of anilines is 1. The highest BCUT2D eigenvalue weighted by Gasteiger charge is 2.25. The van der Waals surface area contributed by atoms with Gasteiger partial charge in [0.05, 0.1) is 6.42 Å². The number of nitrogen functional groups attached to an aromatic ring is 1. The van der Waals surface area contributed by atoms with Gasteiger partial charge in [-0.3, -0.25) is 4.79 Å². The highest BCUT2D eigenvalue weighted by Crippen LogP contribution is 2.29. The maximum Gasteiger partial charge on any atom is 0.227 e. The van der Waals surface area contributed by atoms with Crippen LogP contribution in [0.5, 0.6) is 0 Å². The monoisotopic (exact) mass is 232 g/mol. The minimum Gasteiger partial charge on any atom is -0.398 e. The normalized spacial score (nSPS) is 14.6. The number of carbonyl (C=O) groups is 1. The Kier molecular flexibility index (Phi) is 3.67. The molecule has 1 fully saturated rings. The molecule has 0 aromatic heterocycles. The minimum absolute atomic E-state index is 0.192. The Hall–Kier alpha value is -1.51. The molecule has 0 unspecified atom stereocenters. The third-order valence-electron chi connectivity index (χ3n) is 3.31. The van der Waals surface area contributed by atoms with Gasteiger partial charge in [-0.15, -0.1) is 0 Å². The van der Waals surface area contributed by atoms with E-state index < -0.39 is 0 Å². The maximum absolute atomic E-state index is 12.1. The molecule has 1 saturated carbocycles. The van der Waals surface area contributed by atoms with Gasteiger partial charge in [0, 0.05) is 18.8 Å². The van der Waals surface area contributed by atoms with E-state index in [1.54, 1.807) is 0 Å². The lowest BCUT2D eigenvalue weighted by Crippen LogP contribution is -2.34. The van der Waals surface area contributed by atoms with Crippen molar-refractivity contribution in [1.82, 2.24) is 4.90 Å². The van der Waals surface area contributed by atoms with Crippen LogP contribution >= 0.6 is 0 Å². The van der Waals surface area contributed by atoms with Crippen LogP contribution in [0.4, 0.5) is 5.69 Å². The predicted molar refractivity (Wildman–Crippen MR) is 69.5 cm³/mol. The summed E-state index contributed by atoms with van der Waals surface area (Å²) in [5.41, 5.74) is 7.50. The first-order valence-electron chi connectivity index (χ1n) is 6.32. The van der Waals surface area contributed by atoms with E-state index in [2.05, 4.69) is 0 Å². The number of amides is 1. The first kappa shape index (κ1) is 12.0. The van der Waals surface area contributed by atoms with Crippen LogP contribution in [0.25, 0.3) is 0 Å². The molecule has 3 heteroatoms. The second-order valence-electron chi connectivity index (χ2n) is 4.75. The molecule has 0 atom stereocenters. The molecule has 17 heavy (non-hydrogen) atoms. The average molecular weight is 232 g/mol. The molecule has 1 aromatic carbocycles. The lowest BCUT2D eigenvalue weighted by atomic mass is 10.1. The molecule has 0 radical (unpaired) electrons. The quantitative estimate of drug-likeness (QED) is 0.790.